The Kier molecular flexibility index (Phi) is 11.4. The molecule has 10 heteroatoms. The Labute approximate surface area is 285 Å². The van der Waals surface area contributed by atoms with Crippen molar-refractivity contribution in [1.82, 2.24) is 10.2 Å². The molecule has 246 valence electrons. The number of amides is 2. The van der Waals surface area contributed by atoms with Crippen molar-refractivity contribution in [2.75, 3.05) is 10.8 Å². The number of sulfonamides is 1. The lowest BCUT2D eigenvalue weighted by molar-refractivity contribution is -0.139. The zero-order valence-electron chi connectivity index (χ0n) is 26.6. The van der Waals surface area contributed by atoms with Crippen LogP contribution >= 0.6 is 15.9 Å². The summed E-state index contributed by atoms with van der Waals surface area (Å²) >= 11 is 3.49. The van der Waals surface area contributed by atoms with Gasteiger partial charge in [-0.25, -0.2) is 8.42 Å². The molecule has 1 aliphatic carbocycles. The molecule has 1 N–H and O–H groups in total. The van der Waals surface area contributed by atoms with E-state index in [0.29, 0.717) is 17.2 Å². The first-order valence-corrected chi connectivity index (χ1v) is 18.1. The van der Waals surface area contributed by atoms with Crippen molar-refractivity contribution in [3.63, 3.8) is 0 Å². The third kappa shape index (κ3) is 9.02. The van der Waals surface area contributed by atoms with Gasteiger partial charge in [0, 0.05) is 17.1 Å². The molecule has 2 amide bonds. The summed E-state index contributed by atoms with van der Waals surface area (Å²) in [6.07, 6.45) is 5.08. The van der Waals surface area contributed by atoms with Gasteiger partial charge in [-0.05, 0) is 92.9 Å². The van der Waals surface area contributed by atoms with Crippen LogP contribution in [0.2, 0.25) is 0 Å². The van der Waals surface area contributed by atoms with Crippen molar-refractivity contribution in [2.24, 2.45) is 0 Å². The highest BCUT2D eigenvalue weighted by Crippen LogP contribution is 2.29. The molecule has 1 saturated carbocycles. The molecule has 4 aromatic rings. The normalized spacial score (nSPS) is 14.2. The maximum atomic E-state index is 14.3. The van der Waals surface area contributed by atoms with Gasteiger partial charge in [0.25, 0.3) is 10.0 Å². The summed E-state index contributed by atoms with van der Waals surface area (Å²) in [5.41, 5.74) is 2.01. The van der Waals surface area contributed by atoms with Gasteiger partial charge < -0.3 is 15.0 Å². The fourth-order valence-electron chi connectivity index (χ4n) is 5.65. The van der Waals surface area contributed by atoms with Crippen LogP contribution in [0.5, 0.6) is 11.5 Å². The summed E-state index contributed by atoms with van der Waals surface area (Å²) < 4.78 is 36.2. The fraction of sp³-hybridized carbons (Fsp3) is 0.297. The molecular formula is C37H40BrN3O5S. The number of halogens is 1. The second-order valence-corrected chi connectivity index (χ2v) is 14.7. The summed E-state index contributed by atoms with van der Waals surface area (Å²) in [5, 5.41) is 3.14. The maximum absolute atomic E-state index is 14.3. The minimum Gasteiger partial charge on any atom is -0.457 e. The van der Waals surface area contributed by atoms with E-state index in [1.807, 2.05) is 61.5 Å². The topological polar surface area (TPSA) is 96.0 Å². The van der Waals surface area contributed by atoms with Crippen LogP contribution in [0.25, 0.3) is 0 Å². The molecule has 1 atom stereocenters. The van der Waals surface area contributed by atoms with Gasteiger partial charge in [-0.2, -0.15) is 0 Å². The number of aryl methyl sites for hydroxylation is 1. The number of ether oxygens (including phenoxy) is 1. The standard InChI is InChI=1S/C37H40BrN3O5S/c1-27-16-22-35(23-17-27)47(44,45)41(32-18-20-34(21-19-32)46-33-14-7-4-8-15-33)26-36(42)40(25-29-10-9-11-30(38)24-29)28(2)37(43)39-31-12-5-3-6-13-31/h4,7-11,14-24,28,31H,3,5-6,12-13,25-26H2,1-2H3,(H,39,43)/t28-/m0/s1. The van der Waals surface area contributed by atoms with E-state index in [1.165, 1.54) is 17.0 Å². The van der Waals surface area contributed by atoms with Crippen molar-refractivity contribution in [1.29, 1.82) is 0 Å². The summed E-state index contributed by atoms with van der Waals surface area (Å²) in [5.74, 6) is 0.402. The zero-order valence-corrected chi connectivity index (χ0v) is 29.0. The molecule has 0 radical (unpaired) electrons. The second kappa shape index (κ2) is 15.6. The van der Waals surface area contributed by atoms with E-state index in [2.05, 4.69) is 21.2 Å². The van der Waals surface area contributed by atoms with Gasteiger partial charge in [-0.1, -0.05) is 83.2 Å². The Morgan fingerprint density at radius 1 is 0.872 bits per heavy atom. The Morgan fingerprint density at radius 2 is 1.53 bits per heavy atom. The number of hydrogen-bond acceptors (Lipinski definition) is 5. The zero-order chi connectivity index (χ0) is 33.4. The third-order valence-corrected chi connectivity index (χ3v) is 10.6. The van der Waals surface area contributed by atoms with Gasteiger partial charge in [0.2, 0.25) is 11.8 Å². The van der Waals surface area contributed by atoms with Gasteiger partial charge in [-0.15, -0.1) is 0 Å². The lowest BCUT2D eigenvalue weighted by atomic mass is 9.95. The quantitative estimate of drug-likeness (QED) is 0.163. The van der Waals surface area contributed by atoms with Gasteiger partial charge in [0.1, 0.15) is 24.1 Å². The SMILES string of the molecule is Cc1ccc(S(=O)(=O)N(CC(=O)N(Cc2cccc(Br)c2)[C@@H](C)C(=O)NC2CCCCC2)c2ccc(Oc3ccccc3)cc2)cc1. The van der Waals surface area contributed by atoms with Gasteiger partial charge in [0.05, 0.1) is 10.6 Å². The van der Waals surface area contributed by atoms with Crippen LogP contribution in [0, 0.1) is 6.92 Å². The number of hydrogen-bond donors (Lipinski definition) is 1. The summed E-state index contributed by atoms with van der Waals surface area (Å²) in [7, 11) is -4.18. The van der Waals surface area contributed by atoms with E-state index in [1.54, 1.807) is 43.3 Å². The predicted octanol–water partition coefficient (Wildman–Crippen LogP) is 7.61. The highest BCUT2D eigenvalue weighted by atomic mass is 79.9. The summed E-state index contributed by atoms with van der Waals surface area (Å²) in [4.78, 5) is 29.4. The van der Waals surface area contributed by atoms with Crippen LogP contribution in [0.15, 0.2) is 112 Å². The molecule has 0 heterocycles. The molecule has 8 nitrogen and oxygen atoms in total. The first-order valence-electron chi connectivity index (χ1n) is 15.9. The number of anilines is 1. The minimum absolute atomic E-state index is 0.0575. The maximum Gasteiger partial charge on any atom is 0.264 e. The average Bonchev–Trinajstić information content (AvgIpc) is 3.07. The van der Waals surface area contributed by atoms with Gasteiger partial charge >= 0.3 is 0 Å². The fourth-order valence-corrected chi connectivity index (χ4v) is 7.52. The third-order valence-electron chi connectivity index (χ3n) is 8.35. The van der Waals surface area contributed by atoms with E-state index in [9.17, 15) is 18.0 Å². The Bertz CT molecular complexity index is 1760. The van der Waals surface area contributed by atoms with Crippen molar-refractivity contribution in [3.8, 4) is 11.5 Å². The minimum atomic E-state index is -4.18. The predicted molar refractivity (Wildman–Crippen MR) is 188 cm³/mol. The summed E-state index contributed by atoms with van der Waals surface area (Å²) in [6, 6.07) is 29.1. The van der Waals surface area contributed by atoms with Crippen LogP contribution in [-0.2, 0) is 26.2 Å². The van der Waals surface area contributed by atoms with Crippen LogP contribution in [0.4, 0.5) is 5.69 Å². The van der Waals surface area contributed by atoms with E-state index in [4.69, 9.17) is 4.74 Å². The van der Waals surface area contributed by atoms with E-state index in [-0.39, 0.29) is 23.4 Å². The highest BCUT2D eigenvalue weighted by molar-refractivity contribution is 9.10. The van der Waals surface area contributed by atoms with Crippen molar-refractivity contribution >= 4 is 43.5 Å². The van der Waals surface area contributed by atoms with E-state index >= 15 is 0 Å². The Hall–Kier alpha value is -4.15. The molecule has 0 aromatic heterocycles. The molecule has 5 rings (SSSR count). The lowest BCUT2D eigenvalue weighted by Gasteiger charge is -2.33. The van der Waals surface area contributed by atoms with Crippen molar-refractivity contribution in [2.45, 2.75) is 69.5 Å². The molecular weight excluding hydrogens is 678 g/mol. The van der Waals surface area contributed by atoms with E-state index in [0.717, 1.165) is 52.0 Å². The molecule has 0 spiro atoms. The van der Waals surface area contributed by atoms with Crippen LogP contribution in [-0.4, -0.2) is 43.8 Å². The van der Waals surface area contributed by atoms with Crippen LogP contribution in [0.1, 0.15) is 50.2 Å². The number of carbonyl (C=O) groups is 2. The number of para-hydroxylation sites is 1. The first-order chi connectivity index (χ1) is 22.6. The average molecular weight is 719 g/mol. The molecule has 0 unspecified atom stereocenters. The van der Waals surface area contributed by atoms with Crippen LogP contribution in [0.3, 0.4) is 0 Å². The van der Waals surface area contributed by atoms with Gasteiger partial charge in [0.15, 0.2) is 0 Å². The number of rotatable bonds is 12. The molecule has 0 aliphatic heterocycles. The van der Waals surface area contributed by atoms with Gasteiger partial charge in [-0.3, -0.25) is 13.9 Å². The highest BCUT2D eigenvalue weighted by Gasteiger charge is 2.33. The number of nitrogens with zero attached hydrogens (tertiary/aromatic N) is 2. The number of benzene rings is 4. The Morgan fingerprint density at radius 3 is 2.19 bits per heavy atom. The second-order valence-electron chi connectivity index (χ2n) is 11.9. The largest absolute Gasteiger partial charge is 0.457 e. The van der Waals surface area contributed by atoms with Crippen molar-refractivity contribution < 1.29 is 22.7 Å². The summed E-state index contributed by atoms with van der Waals surface area (Å²) in [6.45, 7) is 3.19. The molecule has 47 heavy (non-hydrogen) atoms. The molecule has 1 fully saturated rings. The smallest absolute Gasteiger partial charge is 0.264 e. The number of nitrogens with one attached hydrogen (secondary N) is 1. The lowest BCUT2D eigenvalue weighted by Crippen LogP contribution is -2.53. The first kappa shape index (κ1) is 34.2. The monoisotopic (exact) mass is 717 g/mol. The molecule has 4 aromatic carbocycles. The van der Waals surface area contributed by atoms with Crippen LogP contribution < -0.4 is 14.4 Å². The van der Waals surface area contributed by atoms with E-state index < -0.39 is 28.5 Å². The molecule has 0 bridgehead atoms. The molecule has 1 aliphatic rings. The Balaban J connectivity index is 1.46. The van der Waals surface area contributed by atoms with Crippen molar-refractivity contribution in [3.05, 3.63) is 119 Å². The molecule has 0 saturated heterocycles. The number of carbonyl (C=O) groups excluding carboxylic acids is 2.